The van der Waals surface area contributed by atoms with Gasteiger partial charge in [0, 0.05) is 24.1 Å². The van der Waals surface area contributed by atoms with Gasteiger partial charge in [-0.2, -0.15) is 0 Å². The molecule has 26 heavy (non-hydrogen) atoms. The van der Waals surface area contributed by atoms with E-state index in [0.29, 0.717) is 24.1 Å². The van der Waals surface area contributed by atoms with Gasteiger partial charge in [-0.25, -0.2) is 0 Å². The van der Waals surface area contributed by atoms with Gasteiger partial charge in [0.2, 0.25) is 5.91 Å². The lowest BCUT2D eigenvalue weighted by Crippen LogP contribution is -2.41. The van der Waals surface area contributed by atoms with E-state index in [9.17, 15) is 9.59 Å². The number of nitrogens with one attached hydrogen (secondary N) is 1. The van der Waals surface area contributed by atoms with Crippen molar-refractivity contribution in [3.8, 4) is 5.75 Å². The predicted molar refractivity (Wildman–Crippen MR) is 99.1 cm³/mol. The van der Waals surface area contributed by atoms with Crippen molar-refractivity contribution in [2.45, 2.75) is 63.5 Å². The maximum absolute atomic E-state index is 12.7. The lowest BCUT2D eigenvalue weighted by molar-refractivity contribution is -0.136. The number of benzene rings is 1. The van der Waals surface area contributed by atoms with Crippen molar-refractivity contribution in [3.05, 3.63) is 29.8 Å². The summed E-state index contributed by atoms with van der Waals surface area (Å²) < 4.78 is 5.94. The first-order valence-corrected chi connectivity index (χ1v) is 10.0. The molecule has 3 fully saturated rings. The normalized spacial score (nSPS) is 23.2. The molecule has 3 aliphatic rings. The molecule has 140 valence electrons. The summed E-state index contributed by atoms with van der Waals surface area (Å²) in [5, 5.41) is 2.99. The molecular formula is C21H28N2O3. The highest BCUT2D eigenvalue weighted by molar-refractivity contribution is 5.94. The molecule has 4 rings (SSSR count). The zero-order valence-corrected chi connectivity index (χ0v) is 15.3. The van der Waals surface area contributed by atoms with Gasteiger partial charge in [-0.1, -0.05) is 12.8 Å². The Labute approximate surface area is 155 Å². The first kappa shape index (κ1) is 17.4. The van der Waals surface area contributed by atoms with Crippen molar-refractivity contribution in [2.24, 2.45) is 5.92 Å². The van der Waals surface area contributed by atoms with Gasteiger partial charge in [-0.05, 0) is 62.8 Å². The van der Waals surface area contributed by atoms with Crippen LogP contribution in [0.2, 0.25) is 0 Å². The van der Waals surface area contributed by atoms with E-state index in [4.69, 9.17) is 4.74 Å². The number of carbonyl (C=O) groups is 2. The van der Waals surface area contributed by atoms with Crippen LogP contribution in [0.5, 0.6) is 5.75 Å². The van der Waals surface area contributed by atoms with Gasteiger partial charge in [0.05, 0.1) is 6.04 Å². The predicted octanol–water partition coefficient (Wildman–Crippen LogP) is 3.14. The third-order valence-corrected chi connectivity index (χ3v) is 5.84. The van der Waals surface area contributed by atoms with Crippen LogP contribution in [0.4, 0.5) is 0 Å². The Balaban J connectivity index is 1.29. The fraction of sp³-hybridized carbons (Fsp3) is 0.619. The number of ether oxygens (including phenoxy) is 1. The molecule has 5 heteroatoms. The SMILES string of the molecule is O=C(NC1CC1)c1ccc(OCC2CCCN2C(=O)C2CCCC2)cc1. The fourth-order valence-corrected chi connectivity index (χ4v) is 4.10. The van der Waals surface area contributed by atoms with Crippen molar-refractivity contribution in [3.63, 3.8) is 0 Å². The standard InChI is InChI=1S/C21H28N2O3/c24-20(22-17-9-10-17)15-7-11-19(12-8-15)26-14-18-6-3-13-23(18)21(25)16-4-1-2-5-16/h7-8,11-12,16-18H,1-6,9-10,13-14H2,(H,22,24). The Morgan fingerprint density at radius 3 is 2.42 bits per heavy atom. The summed E-state index contributed by atoms with van der Waals surface area (Å²) in [7, 11) is 0. The first-order chi connectivity index (χ1) is 12.7. The van der Waals surface area contributed by atoms with Crippen LogP contribution in [0.15, 0.2) is 24.3 Å². The molecule has 1 aliphatic heterocycles. The molecule has 2 aliphatic carbocycles. The van der Waals surface area contributed by atoms with Crippen molar-refractivity contribution >= 4 is 11.8 Å². The summed E-state index contributed by atoms with van der Waals surface area (Å²) >= 11 is 0. The van der Waals surface area contributed by atoms with E-state index in [-0.39, 0.29) is 17.9 Å². The van der Waals surface area contributed by atoms with Gasteiger partial charge in [0.15, 0.2) is 0 Å². The minimum absolute atomic E-state index is 0.0109. The number of hydrogen-bond acceptors (Lipinski definition) is 3. The third kappa shape index (κ3) is 4.02. The molecule has 0 radical (unpaired) electrons. The number of hydrogen-bond donors (Lipinski definition) is 1. The molecule has 0 aromatic heterocycles. The number of likely N-dealkylation sites (tertiary alicyclic amines) is 1. The molecule has 1 unspecified atom stereocenters. The van der Waals surface area contributed by atoms with Gasteiger partial charge in [-0.15, -0.1) is 0 Å². The molecule has 1 N–H and O–H groups in total. The van der Waals surface area contributed by atoms with E-state index in [1.807, 2.05) is 29.2 Å². The Hall–Kier alpha value is -2.04. The van der Waals surface area contributed by atoms with Crippen LogP contribution in [0.3, 0.4) is 0 Å². The maximum Gasteiger partial charge on any atom is 0.251 e. The molecule has 1 heterocycles. The van der Waals surface area contributed by atoms with Crippen LogP contribution in [-0.4, -0.2) is 41.9 Å². The molecule has 5 nitrogen and oxygen atoms in total. The van der Waals surface area contributed by atoms with E-state index in [2.05, 4.69) is 5.32 Å². The summed E-state index contributed by atoms with van der Waals surface area (Å²) in [6.07, 6.45) is 8.72. The summed E-state index contributed by atoms with van der Waals surface area (Å²) in [4.78, 5) is 26.8. The van der Waals surface area contributed by atoms with Gasteiger partial charge < -0.3 is 15.0 Å². The van der Waals surface area contributed by atoms with Crippen molar-refractivity contribution < 1.29 is 14.3 Å². The molecule has 0 bridgehead atoms. The van der Waals surface area contributed by atoms with E-state index >= 15 is 0 Å². The Kier molecular flexibility index (Phi) is 5.14. The van der Waals surface area contributed by atoms with Crippen LogP contribution < -0.4 is 10.1 Å². The number of nitrogens with zero attached hydrogens (tertiary/aromatic N) is 1. The van der Waals surface area contributed by atoms with Gasteiger partial charge in [0.25, 0.3) is 5.91 Å². The highest BCUT2D eigenvalue weighted by atomic mass is 16.5. The Bertz CT molecular complexity index is 648. The van der Waals surface area contributed by atoms with Crippen molar-refractivity contribution in [1.82, 2.24) is 10.2 Å². The van der Waals surface area contributed by atoms with E-state index in [1.54, 1.807) is 0 Å². The van der Waals surface area contributed by atoms with Crippen LogP contribution in [-0.2, 0) is 4.79 Å². The number of amides is 2. The van der Waals surface area contributed by atoms with E-state index in [0.717, 1.165) is 50.8 Å². The smallest absolute Gasteiger partial charge is 0.251 e. The second-order valence-electron chi connectivity index (χ2n) is 7.89. The van der Waals surface area contributed by atoms with Crippen LogP contribution in [0.25, 0.3) is 0 Å². The first-order valence-electron chi connectivity index (χ1n) is 10.0. The molecule has 1 aromatic rings. The quantitative estimate of drug-likeness (QED) is 0.852. The second-order valence-corrected chi connectivity index (χ2v) is 7.89. The Morgan fingerprint density at radius 2 is 1.73 bits per heavy atom. The Morgan fingerprint density at radius 1 is 1.00 bits per heavy atom. The van der Waals surface area contributed by atoms with Gasteiger partial charge >= 0.3 is 0 Å². The van der Waals surface area contributed by atoms with Crippen LogP contribution in [0, 0.1) is 5.92 Å². The lowest BCUT2D eigenvalue weighted by atomic mass is 10.1. The average molecular weight is 356 g/mol. The molecular weight excluding hydrogens is 328 g/mol. The zero-order valence-electron chi connectivity index (χ0n) is 15.3. The molecule has 1 atom stereocenters. The number of carbonyl (C=O) groups excluding carboxylic acids is 2. The van der Waals surface area contributed by atoms with E-state index < -0.39 is 0 Å². The monoisotopic (exact) mass is 356 g/mol. The maximum atomic E-state index is 12.7. The topological polar surface area (TPSA) is 58.6 Å². The molecule has 1 saturated heterocycles. The van der Waals surface area contributed by atoms with Gasteiger partial charge in [0.1, 0.15) is 12.4 Å². The lowest BCUT2D eigenvalue weighted by Gasteiger charge is -2.27. The summed E-state index contributed by atoms with van der Waals surface area (Å²) in [5.74, 6) is 1.32. The summed E-state index contributed by atoms with van der Waals surface area (Å²) in [5.41, 5.74) is 0.670. The summed E-state index contributed by atoms with van der Waals surface area (Å²) in [6.45, 7) is 1.40. The van der Waals surface area contributed by atoms with Crippen LogP contribution in [0.1, 0.15) is 61.7 Å². The van der Waals surface area contributed by atoms with Gasteiger partial charge in [-0.3, -0.25) is 9.59 Å². The molecule has 0 spiro atoms. The van der Waals surface area contributed by atoms with Crippen LogP contribution >= 0.6 is 0 Å². The largest absolute Gasteiger partial charge is 0.491 e. The highest BCUT2D eigenvalue weighted by Gasteiger charge is 2.34. The second kappa shape index (κ2) is 7.68. The highest BCUT2D eigenvalue weighted by Crippen LogP contribution is 2.30. The minimum atomic E-state index is -0.0109. The van der Waals surface area contributed by atoms with Crippen molar-refractivity contribution in [1.29, 1.82) is 0 Å². The number of rotatable bonds is 6. The third-order valence-electron chi connectivity index (χ3n) is 5.84. The van der Waals surface area contributed by atoms with E-state index in [1.165, 1.54) is 12.8 Å². The molecule has 2 saturated carbocycles. The average Bonchev–Trinajstić information content (AvgIpc) is 3.15. The molecule has 1 aromatic carbocycles. The molecule has 2 amide bonds. The van der Waals surface area contributed by atoms with Crippen molar-refractivity contribution in [2.75, 3.05) is 13.2 Å². The zero-order chi connectivity index (χ0) is 17.9. The minimum Gasteiger partial charge on any atom is -0.491 e. The summed E-state index contributed by atoms with van der Waals surface area (Å²) in [6, 6.07) is 7.86. The fourth-order valence-electron chi connectivity index (χ4n) is 4.10.